The summed E-state index contributed by atoms with van der Waals surface area (Å²) in [5, 5.41) is 0.585. The number of methoxy groups -OCH3 is 1. The Hall–Kier alpha value is -3.28. The van der Waals surface area contributed by atoms with E-state index >= 15 is 0 Å². The average Bonchev–Trinajstić information content (AvgIpc) is 3.28. The molecular formula is C29H36N4O5S2. The third-order valence-electron chi connectivity index (χ3n) is 7.37. The molecule has 4 rings (SSSR count). The van der Waals surface area contributed by atoms with Crippen molar-refractivity contribution in [2.45, 2.75) is 51.0 Å². The van der Waals surface area contributed by atoms with Gasteiger partial charge in [-0.3, -0.25) is 9.59 Å². The van der Waals surface area contributed by atoms with Crippen LogP contribution in [0.5, 0.6) is 5.75 Å². The van der Waals surface area contributed by atoms with E-state index in [9.17, 15) is 18.0 Å². The molecule has 40 heavy (non-hydrogen) atoms. The summed E-state index contributed by atoms with van der Waals surface area (Å²) >= 11 is 1.30. The molecular weight excluding hydrogens is 548 g/mol. The quantitative estimate of drug-likeness (QED) is 0.344. The van der Waals surface area contributed by atoms with Crippen molar-refractivity contribution in [3.63, 3.8) is 0 Å². The highest BCUT2D eigenvalue weighted by Gasteiger charge is 2.47. The molecule has 1 aromatic heterocycles. The number of ether oxygens (including phenoxy) is 1. The zero-order valence-corrected chi connectivity index (χ0v) is 25.0. The summed E-state index contributed by atoms with van der Waals surface area (Å²) in [4.78, 5) is 33.9. The lowest BCUT2D eigenvalue weighted by atomic mass is 9.63. The number of benzene rings is 2. The van der Waals surface area contributed by atoms with Crippen LogP contribution < -0.4 is 9.46 Å². The Kier molecular flexibility index (Phi) is 9.27. The molecule has 1 heterocycles. The van der Waals surface area contributed by atoms with E-state index in [1.807, 2.05) is 52.1 Å². The summed E-state index contributed by atoms with van der Waals surface area (Å²) in [6, 6.07) is 17.9. The number of nitrogens with one attached hydrogen (secondary N) is 1. The number of hydrogen-bond donors (Lipinski definition) is 1. The fourth-order valence-corrected chi connectivity index (χ4v) is 6.35. The molecule has 3 aromatic rings. The SMILES string of the molecule is COc1ccc(C2(C(=O)N(CCCc3ccccc3)Cc3nc(C(=O)NS(=O)(=O)N(C)C)c(C)s3)CCC2)cc1. The van der Waals surface area contributed by atoms with E-state index in [0.29, 0.717) is 16.4 Å². The van der Waals surface area contributed by atoms with Gasteiger partial charge in [-0.2, -0.15) is 12.7 Å². The molecule has 9 nitrogen and oxygen atoms in total. The minimum Gasteiger partial charge on any atom is -0.497 e. The monoisotopic (exact) mass is 584 g/mol. The summed E-state index contributed by atoms with van der Waals surface area (Å²) in [5.41, 5.74) is 1.62. The molecule has 0 spiro atoms. The Morgan fingerprint density at radius 3 is 2.33 bits per heavy atom. The molecule has 0 saturated heterocycles. The maximum absolute atomic E-state index is 14.2. The number of thiazole rings is 1. The van der Waals surface area contributed by atoms with E-state index in [4.69, 9.17) is 4.74 Å². The maximum Gasteiger partial charge on any atom is 0.303 e. The van der Waals surface area contributed by atoms with Crippen LogP contribution in [-0.2, 0) is 33.4 Å². The first kappa shape index (κ1) is 29.7. The van der Waals surface area contributed by atoms with Gasteiger partial charge < -0.3 is 9.64 Å². The van der Waals surface area contributed by atoms with Crippen molar-refractivity contribution in [1.82, 2.24) is 18.9 Å². The highest BCUT2D eigenvalue weighted by molar-refractivity contribution is 7.87. The van der Waals surface area contributed by atoms with Gasteiger partial charge in [0.2, 0.25) is 5.91 Å². The standard InChI is InChI=1S/C29H36N4O5S2/c1-21-26(27(34)31-40(36,37)32(2)3)30-25(39-21)20-33(19-8-12-22-10-6-5-7-11-22)28(35)29(17-9-18-29)23-13-15-24(38-4)16-14-23/h5-7,10-11,13-16H,8-9,12,17-20H2,1-4H3,(H,31,34). The summed E-state index contributed by atoms with van der Waals surface area (Å²) in [7, 11) is 0.346. The second-order valence-corrected chi connectivity index (χ2v) is 13.4. The van der Waals surface area contributed by atoms with Crippen molar-refractivity contribution in [2.24, 2.45) is 0 Å². The van der Waals surface area contributed by atoms with Gasteiger partial charge in [-0.25, -0.2) is 9.71 Å². The Bertz CT molecular complexity index is 1430. The van der Waals surface area contributed by atoms with Crippen LogP contribution in [-0.4, -0.2) is 62.2 Å². The van der Waals surface area contributed by atoms with Gasteiger partial charge in [0.1, 0.15) is 16.5 Å². The number of amides is 2. The molecule has 1 N–H and O–H groups in total. The van der Waals surface area contributed by atoms with Crippen LogP contribution in [0.15, 0.2) is 54.6 Å². The highest BCUT2D eigenvalue weighted by Crippen LogP contribution is 2.46. The lowest BCUT2D eigenvalue weighted by molar-refractivity contribution is -0.141. The first-order valence-electron chi connectivity index (χ1n) is 13.2. The molecule has 11 heteroatoms. The minimum atomic E-state index is -3.95. The Labute approximate surface area is 240 Å². The number of hydrogen-bond acceptors (Lipinski definition) is 7. The number of aromatic nitrogens is 1. The summed E-state index contributed by atoms with van der Waals surface area (Å²) < 4.78 is 32.6. The van der Waals surface area contributed by atoms with Gasteiger partial charge in [0.05, 0.1) is 19.1 Å². The fraction of sp³-hybridized carbons (Fsp3) is 0.414. The third kappa shape index (κ3) is 6.54. The van der Waals surface area contributed by atoms with Crippen molar-refractivity contribution in [1.29, 1.82) is 0 Å². The lowest BCUT2D eigenvalue weighted by Gasteiger charge is -2.44. The molecule has 1 aliphatic carbocycles. The fourth-order valence-electron chi connectivity index (χ4n) is 4.89. The molecule has 2 aromatic carbocycles. The Morgan fingerprint density at radius 1 is 1.07 bits per heavy atom. The minimum absolute atomic E-state index is 0.0472. The van der Waals surface area contributed by atoms with E-state index in [0.717, 1.165) is 47.7 Å². The number of nitrogens with zero attached hydrogens (tertiary/aromatic N) is 3. The number of aryl methyl sites for hydroxylation is 2. The van der Waals surface area contributed by atoms with Gasteiger partial charge in [-0.15, -0.1) is 11.3 Å². The van der Waals surface area contributed by atoms with Gasteiger partial charge in [0.15, 0.2) is 0 Å². The Morgan fingerprint density at radius 2 is 1.75 bits per heavy atom. The van der Waals surface area contributed by atoms with Crippen molar-refractivity contribution < 1.29 is 22.7 Å². The van der Waals surface area contributed by atoms with Crippen molar-refractivity contribution in [3.05, 3.63) is 81.3 Å². The zero-order chi connectivity index (χ0) is 28.9. The lowest BCUT2D eigenvalue weighted by Crippen LogP contribution is -2.51. The van der Waals surface area contributed by atoms with Gasteiger partial charge in [0, 0.05) is 25.5 Å². The smallest absolute Gasteiger partial charge is 0.303 e. The highest BCUT2D eigenvalue weighted by atomic mass is 32.2. The van der Waals surface area contributed by atoms with E-state index in [-0.39, 0.29) is 18.1 Å². The molecule has 2 amide bonds. The molecule has 0 radical (unpaired) electrons. The predicted molar refractivity (Wildman–Crippen MR) is 156 cm³/mol. The second kappa shape index (κ2) is 12.5. The second-order valence-electron chi connectivity index (χ2n) is 10.2. The number of rotatable bonds is 12. The van der Waals surface area contributed by atoms with Crippen LogP contribution in [0.3, 0.4) is 0 Å². The maximum atomic E-state index is 14.2. The van der Waals surface area contributed by atoms with E-state index in [1.165, 1.54) is 31.0 Å². The van der Waals surface area contributed by atoms with Crippen molar-refractivity contribution in [3.8, 4) is 5.75 Å². The van der Waals surface area contributed by atoms with Gasteiger partial charge >= 0.3 is 10.2 Å². The van der Waals surface area contributed by atoms with E-state index in [2.05, 4.69) is 17.1 Å². The zero-order valence-electron chi connectivity index (χ0n) is 23.3. The van der Waals surface area contributed by atoms with Crippen molar-refractivity contribution in [2.75, 3.05) is 27.7 Å². The van der Waals surface area contributed by atoms with Crippen LogP contribution in [0.4, 0.5) is 0 Å². The van der Waals surface area contributed by atoms with Crippen LogP contribution in [0.25, 0.3) is 0 Å². The third-order valence-corrected chi connectivity index (χ3v) is 9.73. The van der Waals surface area contributed by atoms with E-state index in [1.54, 1.807) is 14.0 Å². The van der Waals surface area contributed by atoms with Gasteiger partial charge in [-0.1, -0.05) is 48.9 Å². The first-order chi connectivity index (χ1) is 19.1. The molecule has 0 bridgehead atoms. The average molecular weight is 585 g/mol. The van der Waals surface area contributed by atoms with Gasteiger partial charge in [0.25, 0.3) is 5.91 Å². The molecule has 0 aliphatic heterocycles. The molecule has 0 atom stereocenters. The van der Waals surface area contributed by atoms with Crippen LogP contribution in [0, 0.1) is 6.92 Å². The van der Waals surface area contributed by atoms with E-state index < -0.39 is 21.5 Å². The first-order valence-corrected chi connectivity index (χ1v) is 15.5. The largest absolute Gasteiger partial charge is 0.497 e. The van der Waals surface area contributed by atoms with Crippen LogP contribution in [0.1, 0.15) is 57.2 Å². The molecule has 1 aliphatic rings. The normalized spacial score (nSPS) is 14.4. The number of carbonyl (C=O) groups excluding carboxylic acids is 2. The summed E-state index contributed by atoms with van der Waals surface area (Å²) in [6.07, 6.45) is 4.09. The Balaban J connectivity index is 1.58. The number of carbonyl (C=O) groups is 2. The summed E-state index contributed by atoms with van der Waals surface area (Å²) in [6.45, 7) is 2.50. The molecule has 214 valence electrons. The van der Waals surface area contributed by atoms with Crippen LogP contribution in [0.2, 0.25) is 0 Å². The molecule has 1 saturated carbocycles. The predicted octanol–water partition coefficient (Wildman–Crippen LogP) is 4.08. The van der Waals surface area contributed by atoms with Gasteiger partial charge in [-0.05, 0) is 55.9 Å². The summed E-state index contributed by atoms with van der Waals surface area (Å²) in [5.74, 6) is 0.00102. The molecule has 1 fully saturated rings. The van der Waals surface area contributed by atoms with Crippen LogP contribution >= 0.6 is 11.3 Å². The molecule has 0 unspecified atom stereocenters. The topological polar surface area (TPSA) is 109 Å². The van der Waals surface area contributed by atoms with Crippen molar-refractivity contribution >= 4 is 33.4 Å².